The van der Waals surface area contributed by atoms with Gasteiger partial charge >= 0.3 is 5.97 Å². The van der Waals surface area contributed by atoms with Crippen molar-refractivity contribution in [3.63, 3.8) is 0 Å². The van der Waals surface area contributed by atoms with Gasteiger partial charge in [0.15, 0.2) is 0 Å². The molecule has 0 saturated carbocycles. The zero-order valence-electron chi connectivity index (χ0n) is 8.22. The van der Waals surface area contributed by atoms with Gasteiger partial charge in [0.25, 0.3) is 0 Å². The summed E-state index contributed by atoms with van der Waals surface area (Å²) in [5.74, 6) is -0.263. The first kappa shape index (κ1) is 11.4. The van der Waals surface area contributed by atoms with E-state index in [0.29, 0.717) is 12.2 Å². The lowest BCUT2D eigenvalue weighted by molar-refractivity contribution is -0.138. The van der Waals surface area contributed by atoms with Crippen molar-refractivity contribution < 1.29 is 9.53 Å². The van der Waals surface area contributed by atoms with Crippen LogP contribution in [-0.2, 0) is 9.53 Å². The Morgan fingerprint density at radius 2 is 2.08 bits per heavy atom. The molecule has 0 fully saturated rings. The summed E-state index contributed by atoms with van der Waals surface area (Å²) in [7, 11) is -0.472. The van der Waals surface area contributed by atoms with Crippen molar-refractivity contribution >= 4 is 14.8 Å². The fourth-order valence-corrected chi connectivity index (χ4v) is 1.76. The summed E-state index contributed by atoms with van der Waals surface area (Å²) in [6.45, 7) is 10.3. The zero-order chi connectivity index (χ0) is 9.56. The first-order valence-electron chi connectivity index (χ1n) is 4.36. The van der Waals surface area contributed by atoms with Crippen LogP contribution in [0.4, 0.5) is 0 Å². The molecule has 0 heterocycles. The van der Waals surface area contributed by atoms with Crippen molar-refractivity contribution in [3.05, 3.63) is 12.2 Å². The van der Waals surface area contributed by atoms with E-state index in [1.54, 1.807) is 6.92 Å². The molecule has 0 amide bonds. The largest absolute Gasteiger partial charge is 0.462 e. The lowest BCUT2D eigenvalue weighted by atomic mass is 10.4. The van der Waals surface area contributed by atoms with Gasteiger partial charge in [-0.15, -0.1) is 0 Å². The molecule has 0 unspecified atom stereocenters. The molecule has 0 aromatic rings. The summed E-state index contributed by atoms with van der Waals surface area (Å²) in [5, 5.41) is 0. The van der Waals surface area contributed by atoms with Crippen LogP contribution in [0.25, 0.3) is 0 Å². The quantitative estimate of drug-likeness (QED) is 0.284. The molecule has 2 nitrogen and oxygen atoms in total. The van der Waals surface area contributed by atoms with Crippen LogP contribution in [0, 0.1) is 0 Å². The highest BCUT2D eigenvalue weighted by molar-refractivity contribution is 6.55. The zero-order valence-corrected chi connectivity index (χ0v) is 9.38. The molecule has 0 rings (SSSR count). The molecular weight excluding hydrogens is 168 g/mol. The summed E-state index contributed by atoms with van der Waals surface area (Å²) >= 11 is 0. The van der Waals surface area contributed by atoms with Crippen LogP contribution in [0.2, 0.25) is 19.1 Å². The van der Waals surface area contributed by atoms with Crippen LogP contribution < -0.4 is 0 Å². The molecule has 0 radical (unpaired) electrons. The molecule has 0 bridgehead atoms. The first-order valence-corrected chi connectivity index (χ1v) is 7.49. The number of esters is 1. The maximum Gasteiger partial charge on any atom is 0.333 e. The second-order valence-corrected chi connectivity index (χ2v) is 6.82. The maximum absolute atomic E-state index is 10.9. The van der Waals surface area contributed by atoms with Crippen molar-refractivity contribution in [1.82, 2.24) is 0 Å². The monoisotopic (exact) mass is 186 g/mol. The predicted molar refractivity (Wildman–Crippen MR) is 54.1 cm³/mol. The molecule has 0 N–H and O–H groups in total. The van der Waals surface area contributed by atoms with Crippen LogP contribution in [0.15, 0.2) is 12.2 Å². The third kappa shape index (κ3) is 6.16. The second-order valence-electron chi connectivity index (χ2n) is 3.45. The number of ether oxygens (including phenoxy) is 1. The minimum absolute atomic E-state index is 0.263. The highest BCUT2D eigenvalue weighted by Gasteiger charge is 2.02. The summed E-state index contributed by atoms with van der Waals surface area (Å²) in [6.07, 6.45) is 1.00. The van der Waals surface area contributed by atoms with E-state index in [2.05, 4.69) is 19.7 Å². The van der Waals surface area contributed by atoms with Gasteiger partial charge < -0.3 is 4.74 Å². The van der Waals surface area contributed by atoms with E-state index in [9.17, 15) is 4.79 Å². The van der Waals surface area contributed by atoms with Gasteiger partial charge in [0.1, 0.15) is 0 Å². The smallest absolute Gasteiger partial charge is 0.333 e. The van der Waals surface area contributed by atoms with Crippen LogP contribution in [-0.4, -0.2) is 21.4 Å². The van der Waals surface area contributed by atoms with E-state index in [-0.39, 0.29) is 5.97 Å². The number of carbonyl (C=O) groups is 1. The molecule has 0 aliphatic carbocycles. The average Bonchev–Trinajstić information content (AvgIpc) is 1.97. The van der Waals surface area contributed by atoms with Gasteiger partial charge in [0, 0.05) is 14.4 Å². The van der Waals surface area contributed by atoms with E-state index in [1.807, 2.05) is 0 Å². The van der Waals surface area contributed by atoms with Crippen LogP contribution in [0.5, 0.6) is 0 Å². The van der Waals surface area contributed by atoms with Crippen LogP contribution >= 0.6 is 0 Å². The second kappa shape index (κ2) is 6.00. The van der Waals surface area contributed by atoms with Crippen molar-refractivity contribution in [2.75, 3.05) is 6.61 Å². The highest BCUT2D eigenvalue weighted by atomic mass is 28.3. The Hall–Kier alpha value is -0.573. The Morgan fingerprint density at radius 1 is 1.50 bits per heavy atom. The van der Waals surface area contributed by atoms with Gasteiger partial charge in [0.2, 0.25) is 0 Å². The molecule has 0 aromatic heterocycles. The molecule has 0 spiro atoms. The Bertz CT molecular complexity index is 164. The third-order valence-electron chi connectivity index (χ3n) is 1.51. The van der Waals surface area contributed by atoms with Gasteiger partial charge in [-0.05, 0) is 13.3 Å². The van der Waals surface area contributed by atoms with E-state index < -0.39 is 8.80 Å². The van der Waals surface area contributed by atoms with Gasteiger partial charge in [-0.1, -0.05) is 25.7 Å². The molecule has 0 aromatic carbocycles. The summed E-state index contributed by atoms with van der Waals surface area (Å²) in [5.41, 5.74) is 0.483. The molecule has 0 saturated heterocycles. The number of rotatable bonds is 5. The molecule has 0 aliphatic rings. The number of hydrogen-bond acceptors (Lipinski definition) is 2. The Kier molecular flexibility index (Phi) is 5.71. The van der Waals surface area contributed by atoms with Crippen molar-refractivity contribution in [1.29, 1.82) is 0 Å². The maximum atomic E-state index is 10.9. The highest BCUT2D eigenvalue weighted by Crippen LogP contribution is 1.99. The summed E-state index contributed by atoms with van der Waals surface area (Å²) < 4.78 is 4.94. The topological polar surface area (TPSA) is 26.3 Å². The van der Waals surface area contributed by atoms with Gasteiger partial charge in [-0.25, -0.2) is 4.79 Å². The summed E-state index contributed by atoms with van der Waals surface area (Å²) in [6, 6.07) is 1.24. The first-order chi connectivity index (χ1) is 5.54. The van der Waals surface area contributed by atoms with Crippen molar-refractivity contribution in [3.8, 4) is 0 Å². The van der Waals surface area contributed by atoms with Crippen molar-refractivity contribution in [2.45, 2.75) is 32.5 Å². The van der Waals surface area contributed by atoms with Crippen LogP contribution in [0.3, 0.4) is 0 Å². The minimum atomic E-state index is -0.472. The summed E-state index contributed by atoms with van der Waals surface area (Å²) in [4.78, 5) is 10.9. The number of hydrogen-bond donors (Lipinski definition) is 0. The third-order valence-corrected chi connectivity index (χ3v) is 3.07. The normalized spacial score (nSPS) is 10.0. The Labute approximate surface area is 76.2 Å². The van der Waals surface area contributed by atoms with Gasteiger partial charge in [-0.2, -0.15) is 0 Å². The van der Waals surface area contributed by atoms with E-state index in [0.717, 1.165) is 6.42 Å². The van der Waals surface area contributed by atoms with Gasteiger partial charge in [0.05, 0.1) is 6.61 Å². The fraction of sp³-hybridized carbons (Fsp3) is 0.667. The van der Waals surface area contributed by atoms with E-state index in [4.69, 9.17) is 4.74 Å². The fourth-order valence-electron chi connectivity index (χ4n) is 0.780. The van der Waals surface area contributed by atoms with Crippen molar-refractivity contribution in [2.24, 2.45) is 0 Å². The van der Waals surface area contributed by atoms with E-state index in [1.165, 1.54) is 6.04 Å². The Morgan fingerprint density at radius 3 is 2.50 bits per heavy atom. The standard InChI is InChI=1S/C9H18O2Si/c1-8(2)9(10)11-6-5-7-12(3)4/h12H,1,5-7H2,2-4H3. The molecular formula is C9H18O2Si. The molecule has 70 valence electrons. The minimum Gasteiger partial charge on any atom is -0.462 e. The Balaban J connectivity index is 3.32. The number of carbonyl (C=O) groups excluding carboxylic acids is 1. The predicted octanol–water partition coefficient (Wildman–Crippen LogP) is 1.98. The SMILES string of the molecule is C=C(C)C(=O)OCCC[SiH](C)C. The molecule has 12 heavy (non-hydrogen) atoms. The average molecular weight is 186 g/mol. The van der Waals surface area contributed by atoms with E-state index >= 15 is 0 Å². The lowest BCUT2D eigenvalue weighted by Gasteiger charge is -2.04. The van der Waals surface area contributed by atoms with Crippen LogP contribution in [0.1, 0.15) is 13.3 Å². The van der Waals surface area contributed by atoms with Gasteiger partial charge in [-0.3, -0.25) is 0 Å². The molecule has 0 aliphatic heterocycles. The lowest BCUT2D eigenvalue weighted by Crippen LogP contribution is -2.08. The molecule has 3 heteroatoms. The molecule has 0 atom stereocenters.